The van der Waals surface area contributed by atoms with Crippen LogP contribution in [0.4, 0.5) is 15.3 Å². The number of carbonyl (C=O) groups is 4. The molecule has 0 spiro atoms. The summed E-state index contributed by atoms with van der Waals surface area (Å²) in [7, 11) is 0. The van der Waals surface area contributed by atoms with Crippen LogP contribution in [0.2, 0.25) is 0 Å². The van der Waals surface area contributed by atoms with E-state index < -0.39 is 36.0 Å². The Morgan fingerprint density at radius 2 is 1.71 bits per heavy atom. The largest absolute Gasteiger partial charge is 0.450 e. The SMILES string of the molecule is CCCCOC(=O)N[C@H](C(=O)N[C@@H](CCCNC(N)=O)C(=O)Nc1ccc(CO)cc1)C(C)C. The highest BCUT2D eigenvalue weighted by molar-refractivity contribution is 5.98. The number of hydrogen-bond donors (Lipinski definition) is 6. The van der Waals surface area contributed by atoms with Gasteiger partial charge < -0.3 is 36.8 Å². The molecule has 0 aliphatic carbocycles. The molecule has 11 nitrogen and oxygen atoms in total. The van der Waals surface area contributed by atoms with Crippen LogP contribution in [0, 0.1) is 5.92 Å². The summed E-state index contributed by atoms with van der Waals surface area (Å²) in [4.78, 5) is 48.8. The normalized spacial score (nSPS) is 12.4. The Kier molecular flexibility index (Phi) is 13.1. The number of amides is 5. The molecule has 0 aromatic heterocycles. The number of nitrogens with one attached hydrogen (secondary N) is 4. The summed E-state index contributed by atoms with van der Waals surface area (Å²) in [6, 6.07) is 4.10. The number of ether oxygens (including phenoxy) is 1. The van der Waals surface area contributed by atoms with Crippen molar-refractivity contribution >= 4 is 29.6 Å². The molecule has 7 N–H and O–H groups in total. The van der Waals surface area contributed by atoms with Crippen LogP contribution in [0.15, 0.2) is 24.3 Å². The van der Waals surface area contributed by atoms with Gasteiger partial charge in [0.2, 0.25) is 11.8 Å². The maximum atomic E-state index is 13.0. The van der Waals surface area contributed by atoms with Crippen molar-refractivity contribution in [2.45, 2.75) is 65.1 Å². The van der Waals surface area contributed by atoms with Crippen molar-refractivity contribution in [2.75, 3.05) is 18.5 Å². The van der Waals surface area contributed by atoms with E-state index in [1.807, 2.05) is 6.92 Å². The fourth-order valence-corrected chi connectivity index (χ4v) is 2.98. The first-order valence-corrected chi connectivity index (χ1v) is 11.5. The summed E-state index contributed by atoms with van der Waals surface area (Å²) in [5, 5.41) is 19.6. The molecule has 2 atom stereocenters. The van der Waals surface area contributed by atoms with Gasteiger partial charge in [-0.05, 0) is 42.9 Å². The molecular formula is C23H37N5O6. The van der Waals surface area contributed by atoms with E-state index in [4.69, 9.17) is 15.6 Å². The summed E-state index contributed by atoms with van der Waals surface area (Å²) in [6.07, 6.45) is 1.48. The lowest BCUT2D eigenvalue weighted by molar-refractivity contribution is -0.128. The zero-order valence-corrected chi connectivity index (χ0v) is 20.1. The molecule has 0 unspecified atom stereocenters. The van der Waals surface area contributed by atoms with Gasteiger partial charge in [-0.15, -0.1) is 0 Å². The van der Waals surface area contributed by atoms with E-state index in [1.165, 1.54) is 0 Å². The van der Waals surface area contributed by atoms with E-state index in [-0.39, 0.29) is 32.1 Å². The third-order valence-electron chi connectivity index (χ3n) is 4.96. The maximum Gasteiger partial charge on any atom is 0.407 e. The topological polar surface area (TPSA) is 172 Å². The van der Waals surface area contributed by atoms with Crippen LogP contribution in [0.5, 0.6) is 0 Å². The van der Waals surface area contributed by atoms with Crippen LogP contribution in [-0.2, 0) is 20.9 Å². The number of unbranched alkanes of at least 4 members (excludes halogenated alkanes) is 1. The summed E-state index contributed by atoms with van der Waals surface area (Å²) >= 11 is 0. The Hall–Kier alpha value is -3.34. The highest BCUT2D eigenvalue weighted by Gasteiger charge is 2.29. The molecule has 1 rings (SSSR count). The van der Waals surface area contributed by atoms with E-state index in [9.17, 15) is 19.2 Å². The van der Waals surface area contributed by atoms with E-state index in [0.717, 1.165) is 6.42 Å². The van der Waals surface area contributed by atoms with Gasteiger partial charge in [0, 0.05) is 12.2 Å². The molecule has 0 heterocycles. The van der Waals surface area contributed by atoms with Gasteiger partial charge in [-0.3, -0.25) is 9.59 Å². The Morgan fingerprint density at radius 3 is 2.26 bits per heavy atom. The Balaban J connectivity index is 2.86. The van der Waals surface area contributed by atoms with Crippen LogP contribution in [0.3, 0.4) is 0 Å². The molecule has 34 heavy (non-hydrogen) atoms. The number of aliphatic hydroxyl groups is 1. The molecule has 190 valence electrons. The summed E-state index contributed by atoms with van der Waals surface area (Å²) in [5.41, 5.74) is 6.26. The fraction of sp³-hybridized carbons (Fsp3) is 0.565. The van der Waals surface area contributed by atoms with Crippen molar-refractivity contribution in [3.63, 3.8) is 0 Å². The fourth-order valence-electron chi connectivity index (χ4n) is 2.98. The Morgan fingerprint density at radius 1 is 1.03 bits per heavy atom. The molecule has 1 aromatic rings. The quantitative estimate of drug-likeness (QED) is 0.221. The first-order chi connectivity index (χ1) is 16.2. The molecule has 1 aromatic carbocycles. The number of hydrogen-bond acceptors (Lipinski definition) is 6. The molecule has 0 fully saturated rings. The standard InChI is InChI=1S/C23H37N5O6/c1-4-5-13-34-23(33)28-19(15(2)3)21(31)27-18(7-6-12-25-22(24)32)20(30)26-17-10-8-16(14-29)9-11-17/h8-11,15,18-19,29H,4-7,12-14H2,1-3H3,(H,26,30)(H,27,31)(H,28,33)(H3,24,25,32)/t18-,19-/m0/s1. The molecule has 11 heteroatoms. The molecule has 5 amide bonds. The summed E-state index contributed by atoms with van der Waals surface area (Å²) in [6.45, 7) is 5.87. The van der Waals surface area contributed by atoms with Gasteiger partial charge in [-0.1, -0.05) is 39.3 Å². The number of primary amides is 1. The average molecular weight is 480 g/mol. The van der Waals surface area contributed by atoms with Crippen LogP contribution in [0.1, 0.15) is 52.0 Å². The Labute approximate surface area is 200 Å². The van der Waals surface area contributed by atoms with E-state index >= 15 is 0 Å². The lowest BCUT2D eigenvalue weighted by Gasteiger charge is -2.25. The predicted molar refractivity (Wildman–Crippen MR) is 128 cm³/mol. The van der Waals surface area contributed by atoms with E-state index in [2.05, 4.69) is 21.3 Å². The van der Waals surface area contributed by atoms with Crippen molar-refractivity contribution in [3.8, 4) is 0 Å². The van der Waals surface area contributed by atoms with Crippen molar-refractivity contribution in [1.29, 1.82) is 0 Å². The van der Waals surface area contributed by atoms with E-state index in [1.54, 1.807) is 38.1 Å². The number of rotatable bonds is 14. The number of carbonyl (C=O) groups excluding carboxylic acids is 4. The van der Waals surface area contributed by atoms with E-state index in [0.29, 0.717) is 24.1 Å². The zero-order chi connectivity index (χ0) is 25.5. The van der Waals surface area contributed by atoms with Crippen molar-refractivity contribution < 1.29 is 29.0 Å². The third-order valence-corrected chi connectivity index (χ3v) is 4.96. The van der Waals surface area contributed by atoms with Crippen LogP contribution < -0.4 is 27.0 Å². The number of nitrogens with two attached hydrogens (primary N) is 1. The molecule has 0 radical (unpaired) electrons. The highest BCUT2D eigenvalue weighted by Crippen LogP contribution is 2.12. The van der Waals surface area contributed by atoms with Gasteiger partial charge in [-0.25, -0.2) is 9.59 Å². The first kappa shape index (κ1) is 28.7. The van der Waals surface area contributed by atoms with Gasteiger partial charge in [0.25, 0.3) is 0 Å². The number of benzene rings is 1. The van der Waals surface area contributed by atoms with Gasteiger partial charge in [0.1, 0.15) is 12.1 Å². The second-order valence-electron chi connectivity index (χ2n) is 8.19. The van der Waals surface area contributed by atoms with Gasteiger partial charge in [0.05, 0.1) is 13.2 Å². The van der Waals surface area contributed by atoms with Crippen LogP contribution >= 0.6 is 0 Å². The average Bonchev–Trinajstić information content (AvgIpc) is 2.79. The van der Waals surface area contributed by atoms with Gasteiger partial charge >= 0.3 is 12.1 Å². The minimum atomic E-state index is -0.932. The monoisotopic (exact) mass is 479 g/mol. The first-order valence-electron chi connectivity index (χ1n) is 11.5. The molecule has 0 bridgehead atoms. The van der Waals surface area contributed by atoms with Gasteiger partial charge in [0.15, 0.2) is 0 Å². The predicted octanol–water partition coefficient (Wildman–Crippen LogP) is 1.60. The lowest BCUT2D eigenvalue weighted by atomic mass is 10.0. The lowest BCUT2D eigenvalue weighted by Crippen LogP contribution is -2.54. The van der Waals surface area contributed by atoms with Crippen molar-refractivity contribution in [3.05, 3.63) is 29.8 Å². The number of aliphatic hydroxyl groups excluding tert-OH is 1. The zero-order valence-electron chi connectivity index (χ0n) is 20.1. The summed E-state index contributed by atoms with van der Waals surface area (Å²) < 4.78 is 5.09. The maximum absolute atomic E-state index is 13.0. The van der Waals surface area contributed by atoms with Crippen LogP contribution in [-0.4, -0.2) is 54.3 Å². The van der Waals surface area contributed by atoms with Gasteiger partial charge in [-0.2, -0.15) is 0 Å². The molecular weight excluding hydrogens is 442 g/mol. The minimum Gasteiger partial charge on any atom is -0.450 e. The number of urea groups is 1. The number of anilines is 1. The Bertz CT molecular complexity index is 800. The molecule has 0 aliphatic rings. The minimum absolute atomic E-state index is 0.121. The number of alkyl carbamates (subject to hydrolysis) is 1. The molecule has 0 aliphatic heterocycles. The van der Waals surface area contributed by atoms with Crippen LogP contribution in [0.25, 0.3) is 0 Å². The van der Waals surface area contributed by atoms with Crippen molar-refractivity contribution in [1.82, 2.24) is 16.0 Å². The third kappa shape index (κ3) is 11.0. The second kappa shape index (κ2) is 15.5. The highest BCUT2D eigenvalue weighted by atomic mass is 16.5. The van der Waals surface area contributed by atoms with Crippen molar-refractivity contribution in [2.24, 2.45) is 11.7 Å². The molecule has 0 saturated carbocycles. The molecule has 0 saturated heterocycles. The summed E-state index contributed by atoms with van der Waals surface area (Å²) in [5.74, 6) is -1.25. The second-order valence-corrected chi connectivity index (χ2v) is 8.19. The smallest absolute Gasteiger partial charge is 0.407 e.